The van der Waals surface area contributed by atoms with E-state index in [4.69, 9.17) is 5.11 Å². The van der Waals surface area contributed by atoms with Crippen LogP contribution in [0.15, 0.2) is 28.2 Å². The Morgan fingerprint density at radius 3 is 2.95 bits per heavy atom. The summed E-state index contributed by atoms with van der Waals surface area (Å²) in [5.41, 5.74) is 0.593. The summed E-state index contributed by atoms with van der Waals surface area (Å²) in [6, 6.07) is 4.85. The van der Waals surface area contributed by atoms with E-state index >= 15 is 0 Å². The number of carboxylic acid groups (broad SMARTS) is 1. The molecule has 0 spiro atoms. The van der Waals surface area contributed by atoms with Crippen LogP contribution in [0, 0.1) is 0 Å². The van der Waals surface area contributed by atoms with Gasteiger partial charge in [0.2, 0.25) is 0 Å². The molecule has 19 heavy (non-hydrogen) atoms. The first kappa shape index (κ1) is 13.8. The summed E-state index contributed by atoms with van der Waals surface area (Å²) in [6.07, 6.45) is 0.708. The zero-order valence-electron chi connectivity index (χ0n) is 10.2. The van der Waals surface area contributed by atoms with Crippen molar-refractivity contribution in [2.24, 2.45) is 0 Å². The summed E-state index contributed by atoms with van der Waals surface area (Å²) in [5.74, 6) is -0.325. The molecule has 100 valence electrons. The van der Waals surface area contributed by atoms with Crippen LogP contribution in [-0.2, 0) is 12.2 Å². The zero-order chi connectivity index (χ0) is 13.8. The number of rotatable bonds is 5. The minimum absolute atomic E-state index is 0.160. The average Bonchev–Trinajstić information content (AvgIpc) is 2.84. The highest BCUT2D eigenvalue weighted by molar-refractivity contribution is 7.98. The number of carboxylic acids is 1. The van der Waals surface area contributed by atoms with Crippen LogP contribution < -0.4 is 5.56 Å². The molecule has 0 saturated carbocycles. The molecule has 0 saturated heterocycles. The van der Waals surface area contributed by atoms with Crippen LogP contribution in [0.25, 0.3) is 0 Å². The first-order valence-corrected chi connectivity index (χ1v) is 7.43. The molecule has 7 heteroatoms. The third-order valence-corrected chi connectivity index (χ3v) is 4.54. The molecule has 0 fully saturated rings. The Labute approximate surface area is 117 Å². The molecule has 5 nitrogen and oxygen atoms in total. The third-order valence-electron chi connectivity index (χ3n) is 2.36. The Morgan fingerprint density at radius 1 is 1.53 bits per heavy atom. The smallest absolute Gasteiger partial charge is 0.345 e. The monoisotopic (exact) mass is 296 g/mol. The molecule has 2 aromatic heterocycles. The van der Waals surface area contributed by atoms with Crippen molar-refractivity contribution >= 4 is 29.1 Å². The van der Waals surface area contributed by atoms with Crippen molar-refractivity contribution in [1.82, 2.24) is 9.97 Å². The summed E-state index contributed by atoms with van der Waals surface area (Å²) < 4.78 is 0. The molecule has 2 N–H and O–H groups in total. The maximum Gasteiger partial charge on any atom is 0.345 e. The van der Waals surface area contributed by atoms with E-state index in [1.165, 1.54) is 29.2 Å². The van der Waals surface area contributed by atoms with E-state index in [2.05, 4.69) is 9.97 Å². The van der Waals surface area contributed by atoms with Crippen molar-refractivity contribution < 1.29 is 9.90 Å². The molecule has 2 rings (SSSR count). The first-order valence-electron chi connectivity index (χ1n) is 5.63. The molecule has 0 radical (unpaired) electrons. The van der Waals surface area contributed by atoms with Crippen LogP contribution in [0.1, 0.15) is 27.2 Å². The number of carbonyl (C=O) groups is 1. The molecule has 0 aliphatic rings. The Balaban J connectivity index is 2.07. The normalized spacial score (nSPS) is 10.6. The average molecular weight is 296 g/mol. The van der Waals surface area contributed by atoms with E-state index in [9.17, 15) is 9.59 Å². The summed E-state index contributed by atoms with van der Waals surface area (Å²) >= 11 is 2.63. The predicted molar refractivity (Wildman–Crippen MR) is 75.1 cm³/mol. The molecule has 0 aliphatic heterocycles. The highest BCUT2D eigenvalue weighted by Crippen LogP contribution is 2.24. The minimum atomic E-state index is -0.916. The van der Waals surface area contributed by atoms with Crippen LogP contribution >= 0.6 is 23.1 Å². The standard InChI is InChI=1S/C12H12N2O3S2/c1-2-7-5-10(15)14-12(13-7)18-6-8-3-4-9(19-8)11(16)17/h3-5H,2,6H2,1H3,(H,16,17)(H,13,14,15). The van der Waals surface area contributed by atoms with Gasteiger partial charge in [0.05, 0.1) is 0 Å². The number of nitrogens with zero attached hydrogens (tertiary/aromatic N) is 1. The van der Waals surface area contributed by atoms with Gasteiger partial charge < -0.3 is 10.1 Å². The minimum Gasteiger partial charge on any atom is -0.477 e. The SMILES string of the molecule is CCc1cc(=O)[nH]c(SCc2ccc(C(=O)O)s2)n1. The van der Waals surface area contributed by atoms with Crippen molar-refractivity contribution in [3.05, 3.63) is 44.0 Å². The summed E-state index contributed by atoms with van der Waals surface area (Å²) in [4.78, 5) is 30.4. The molecular weight excluding hydrogens is 284 g/mol. The van der Waals surface area contributed by atoms with Gasteiger partial charge in [0.1, 0.15) is 4.88 Å². The molecule has 0 aromatic carbocycles. The largest absolute Gasteiger partial charge is 0.477 e. The van der Waals surface area contributed by atoms with E-state index in [1.807, 2.05) is 6.92 Å². The quantitative estimate of drug-likeness (QED) is 0.654. The fourth-order valence-electron chi connectivity index (χ4n) is 1.44. The number of hydrogen-bond donors (Lipinski definition) is 2. The molecular formula is C12H12N2O3S2. The van der Waals surface area contributed by atoms with Crippen molar-refractivity contribution in [2.75, 3.05) is 0 Å². The van der Waals surface area contributed by atoms with Gasteiger partial charge in [-0.3, -0.25) is 4.79 Å². The van der Waals surface area contributed by atoms with Crippen LogP contribution in [0.4, 0.5) is 0 Å². The number of H-pyrrole nitrogens is 1. The number of nitrogens with one attached hydrogen (secondary N) is 1. The Hall–Kier alpha value is -1.60. The Kier molecular flexibility index (Phi) is 4.39. The molecule has 0 atom stereocenters. The van der Waals surface area contributed by atoms with Gasteiger partial charge in [0, 0.05) is 22.4 Å². The lowest BCUT2D eigenvalue weighted by Crippen LogP contribution is -2.09. The molecule has 0 bridgehead atoms. The molecule has 0 amide bonds. The molecule has 2 aromatic rings. The predicted octanol–water partition coefficient (Wildman–Crippen LogP) is 2.38. The lowest BCUT2D eigenvalue weighted by Gasteiger charge is -2.01. The topological polar surface area (TPSA) is 83.0 Å². The van der Waals surface area contributed by atoms with Gasteiger partial charge in [-0.1, -0.05) is 18.7 Å². The van der Waals surface area contributed by atoms with E-state index in [0.29, 0.717) is 22.2 Å². The highest BCUT2D eigenvalue weighted by Gasteiger charge is 2.08. The van der Waals surface area contributed by atoms with Gasteiger partial charge in [-0.05, 0) is 18.6 Å². The second-order valence-electron chi connectivity index (χ2n) is 3.76. The highest BCUT2D eigenvalue weighted by atomic mass is 32.2. The van der Waals surface area contributed by atoms with Crippen LogP contribution in [0.3, 0.4) is 0 Å². The fourth-order valence-corrected chi connectivity index (χ4v) is 3.23. The third kappa shape index (κ3) is 3.68. The van der Waals surface area contributed by atoms with Crippen LogP contribution in [0.5, 0.6) is 0 Å². The number of aromatic carboxylic acids is 1. The summed E-state index contributed by atoms with van der Waals surface area (Å²) in [6.45, 7) is 1.94. The second kappa shape index (κ2) is 6.03. The first-order chi connectivity index (χ1) is 9.08. The number of thiophene rings is 1. The summed E-state index contributed by atoms with van der Waals surface area (Å²) in [5, 5.41) is 9.40. The molecule has 2 heterocycles. The van der Waals surface area contributed by atoms with Crippen molar-refractivity contribution in [2.45, 2.75) is 24.3 Å². The van der Waals surface area contributed by atoms with Gasteiger partial charge >= 0.3 is 5.97 Å². The van der Waals surface area contributed by atoms with Crippen LogP contribution in [0.2, 0.25) is 0 Å². The lowest BCUT2D eigenvalue weighted by atomic mass is 10.3. The van der Waals surface area contributed by atoms with Crippen molar-refractivity contribution in [1.29, 1.82) is 0 Å². The Morgan fingerprint density at radius 2 is 2.32 bits per heavy atom. The Bertz CT molecular complexity index is 648. The zero-order valence-corrected chi connectivity index (χ0v) is 11.8. The summed E-state index contributed by atoms with van der Waals surface area (Å²) in [7, 11) is 0. The van der Waals surface area contributed by atoms with Gasteiger partial charge in [-0.15, -0.1) is 11.3 Å². The van der Waals surface area contributed by atoms with Gasteiger partial charge in [0.15, 0.2) is 5.16 Å². The van der Waals surface area contributed by atoms with Gasteiger partial charge in [0.25, 0.3) is 5.56 Å². The number of aromatic amines is 1. The van der Waals surface area contributed by atoms with E-state index in [1.54, 1.807) is 12.1 Å². The second-order valence-corrected chi connectivity index (χ2v) is 5.89. The van der Waals surface area contributed by atoms with Crippen molar-refractivity contribution in [3.8, 4) is 0 Å². The van der Waals surface area contributed by atoms with Gasteiger partial charge in [-0.25, -0.2) is 9.78 Å². The molecule has 0 unspecified atom stereocenters. The maximum absolute atomic E-state index is 11.4. The van der Waals surface area contributed by atoms with Gasteiger partial charge in [-0.2, -0.15) is 0 Å². The number of thioether (sulfide) groups is 1. The van der Waals surface area contributed by atoms with Crippen LogP contribution in [-0.4, -0.2) is 21.0 Å². The van der Waals surface area contributed by atoms with Crippen molar-refractivity contribution in [3.63, 3.8) is 0 Å². The fraction of sp³-hybridized carbons (Fsp3) is 0.250. The number of aryl methyl sites for hydroxylation is 1. The van der Waals surface area contributed by atoms with E-state index < -0.39 is 5.97 Å². The van der Waals surface area contributed by atoms with E-state index in [0.717, 1.165) is 10.6 Å². The van der Waals surface area contributed by atoms with E-state index in [-0.39, 0.29) is 5.56 Å². The number of hydrogen-bond acceptors (Lipinski definition) is 5. The maximum atomic E-state index is 11.4. The molecule has 0 aliphatic carbocycles. The number of aromatic nitrogens is 2. The lowest BCUT2D eigenvalue weighted by molar-refractivity contribution is 0.0702.